The van der Waals surface area contributed by atoms with Gasteiger partial charge in [-0.15, -0.1) is 0 Å². The Labute approximate surface area is 108 Å². The van der Waals surface area contributed by atoms with E-state index in [2.05, 4.69) is 4.98 Å². The van der Waals surface area contributed by atoms with Gasteiger partial charge in [-0.3, -0.25) is 0 Å². The Balaban J connectivity index is 2.08. The van der Waals surface area contributed by atoms with Crippen LogP contribution in [-0.2, 0) is 19.3 Å². The number of alkyl halides is 3. The van der Waals surface area contributed by atoms with Crippen molar-refractivity contribution in [1.29, 1.82) is 0 Å². The molecule has 1 heterocycles. The molecule has 0 radical (unpaired) electrons. The summed E-state index contributed by atoms with van der Waals surface area (Å²) >= 11 is 0. The van der Waals surface area contributed by atoms with Crippen molar-refractivity contribution in [2.24, 2.45) is 0 Å². The predicted octanol–water partition coefficient (Wildman–Crippen LogP) is 3.50. The van der Waals surface area contributed by atoms with Crippen molar-refractivity contribution in [3.63, 3.8) is 0 Å². The van der Waals surface area contributed by atoms with Gasteiger partial charge in [-0.05, 0) is 25.1 Å². The molecule has 0 saturated carbocycles. The highest BCUT2D eigenvalue weighted by atomic mass is 19.4. The summed E-state index contributed by atoms with van der Waals surface area (Å²) in [6.45, 7) is 2.83. The average Bonchev–Trinajstić information content (AvgIpc) is 2.83. The molecule has 0 unspecified atom stereocenters. The van der Waals surface area contributed by atoms with Gasteiger partial charge in [-0.25, -0.2) is 4.98 Å². The summed E-state index contributed by atoms with van der Waals surface area (Å²) < 4.78 is 44.8. The van der Waals surface area contributed by atoms with Crippen molar-refractivity contribution in [3.05, 3.63) is 48.0 Å². The van der Waals surface area contributed by atoms with Crippen molar-refractivity contribution in [2.45, 2.75) is 26.3 Å². The fourth-order valence-electron chi connectivity index (χ4n) is 1.68. The number of imidazole rings is 1. The molecule has 1 aromatic carbocycles. The van der Waals surface area contributed by atoms with Gasteiger partial charge >= 0.3 is 6.18 Å². The molecule has 0 aliphatic heterocycles. The Morgan fingerprint density at radius 1 is 1.32 bits per heavy atom. The summed E-state index contributed by atoms with van der Waals surface area (Å²) in [5.74, 6) is 0.861. The lowest BCUT2D eigenvalue weighted by Crippen LogP contribution is -2.07. The van der Waals surface area contributed by atoms with E-state index in [0.717, 1.165) is 18.7 Å². The number of hydrogen-bond acceptors (Lipinski definition) is 2. The summed E-state index contributed by atoms with van der Waals surface area (Å²) in [5.41, 5.74) is -0.719. The lowest BCUT2D eigenvalue weighted by molar-refractivity contribution is -0.137. The van der Waals surface area contributed by atoms with Crippen LogP contribution in [0.1, 0.15) is 18.3 Å². The molecule has 0 aliphatic rings. The smallest absolute Gasteiger partial charge is 0.416 e. The monoisotopic (exact) mass is 270 g/mol. The Hall–Kier alpha value is -1.98. The first-order valence-electron chi connectivity index (χ1n) is 5.80. The van der Waals surface area contributed by atoms with Gasteiger partial charge in [0.2, 0.25) is 0 Å². The summed E-state index contributed by atoms with van der Waals surface area (Å²) in [7, 11) is 0. The Morgan fingerprint density at radius 3 is 2.79 bits per heavy atom. The third kappa shape index (κ3) is 3.27. The number of rotatable bonds is 4. The molecule has 102 valence electrons. The minimum Gasteiger partial charge on any atom is -0.486 e. The topological polar surface area (TPSA) is 27.1 Å². The molecule has 1 aromatic heterocycles. The lowest BCUT2D eigenvalue weighted by atomic mass is 10.2. The molecule has 0 saturated heterocycles. The van der Waals surface area contributed by atoms with Gasteiger partial charge in [0, 0.05) is 18.9 Å². The molecule has 0 fully saturated rings. The van der Waals surface area contributed by atoms with E-state index >= 15 is 0 Å². The van der Waals surface area contributed by atoms with Gasteiger partial charge in [-0.2, -0.15) is 13.2 Å². The zero-order valence-corrected chi connectivity index (χ0v) is 10.3. The summed E-state index contributed by atoms with van der Waals surface area (Å²) in [5, 5.41) is 0. The molecule has 0 amide bonds. The van der Waals surface area contributed by atoms with Crippen LogP contribution in [0.5, 0.6) is 5.75 Å². The number of aryl methyl sites for hydroxylation is 1. The quantitative estimate of drug-likeness (QED) is 0.850. The number of nitrogens with zero attached hydrogens (tertiary/aromatic N) is 2. The van der Waals surface area contributed by atoms with Crippen LogP contribution in [0, 0.1) is 0 Å². The van der Waals surface area contributed by atoms with Crippen LogP contribution in [0.2, 0.25) is 0 Å². The third-order valence-electron chi connectivity index (χ3n) is 2.67. The second-order valence-corrected chi connectivity index (χ2v) is 3.94. The van der Waals surface area contributed by atoms with Crippen LogP contribution in [0.15, 0.2) is 36.7 Å². The number of aromatic nitrogens is 2. The number of benzene rings is 1. The fraction of sp³-hybridized carbons (Fsp3) is 0.308. The predicted molar refractivity (Wildman–Crippen MR) is 63.7 cm³/mol. The van der Waals surface area contributed by atoms with Crippen LogP contribution < -0.4 is 4.74 Å². The maximum Gasteiger partial charge on any atom is 0.416 e. The van der Waals surface area contributed by atoms with Crippen LogP contribution >= 0.6 is 0 Å². The maximum absolute atomic E-state index is 12.5. The highest BCUT2D eigenvalue weighted by Crippen LogP contribution is 2.31. The minimum atomic E-state index is -4.36. The summed E-state index contributed by atoms with van der Waals surface area (Å²) in [6, 6.07) is 4.82. The first-order chi connectivity index (χ1) is 9.00. The van der Waals surface area contributed by atoms with Gasteiger partial charge in [0.1, 0.15) is 18.2 Å². The van der Waals surface area contributed by atoms with Crippen molar-refractivity contribution < 1.29 is 17.9 Å². The van der Waals surface area contributed by atoms with Gasteiger partial charge in [0.25, 0.3) is 0 Å². The van der Waals surface area contributed by atoms with Crippen LogP contribution in [0.3, 0.4) is 0 Å². The van der Waals surface area contributed by atoms with Gasteiger partial charge in [-0.1, -0.05) is 6.07 Å². The number of halogens is 3. The van der Waals surface area contributed by atoms with Crippen LogP contribution in [-0.4, -0.2) is 9.55 Å². The first kappa shape index (κ1) is 13.5. The zero-order chi connectivity index (χ0) is 13.9. The first-order valence-corrected chi connectivity index (χ1v) is 5.80. The molecule has 19 heavy (non-hydrogen) atoms. The van der Waals surface area contributed by atoms with Crippen molar-refractivity contribution >= 4 is 0 Å². The fourth-order valence-corrected chi connectivity index (χ4v) is 1.68. The molecular formula is C13H13F3N2O. The Morgan fingerprint density at radius 2 is 2.11 bits per heavy atom. The summed E-state index contributed by atoms with van der Waals surface area (Å²) in [6.07, 6.45) is -0.930. The Bertz CT molecular complexity index is 549. The highest BCUT2D eigenvalue weighted by molar-refractivity contribution is 5.30. The molecule has 0 N–H and O–H groups in total. The van der Waals surface area contributed by atoms with E-state index in [-0.39, 0.29) is 12.4 Å². The minimum absolute atomic E-state index is 0.141. The van der Waals surface area contributed by atoms with E-state index in [1.807, 2.05) is 11.5 Å². The molecule has 2 aromatic rings. The maximum atomic E-state index is 12.5. The lowest BCUT2D eigenvalue weighted by Gasteiger charge is -2.10. The van der Waals surface area contributed by atoms with Crippen LogP contribution in [0.4, 0.5) is 13.2 Å². The molecule has 3 nitrogen and oxygen atoms in total. The molecule has 6 heteroatoms. The van der Waals surface area contributed by atoms with E-state index in [9.17, 15) is 13.2 Å². The van der Waals surface area contributed by atoms with E-state index in [1.165, 1.54) is 12.1 Å². The standard InChI is InChI=1S/C13H13F3N2O/c1-2-18-7-6-17-12(18)9-19-11-5-3-4-10(8-11)13(14,15)16/h3-8H,2,9H2,1H3. The molecular weight excluding hydrogens is 257 g/mol. The largest absolute Gasteiger partial charge is 0.486 e. The molecule has 0 atom stereocenters. The number of ether oxygens (including phenoxy) is 1. The molecule has 2 rings (SSSR count). The summed E-state index contributed by atoms with van der Waals surface area (Å²) in [4.78, 5) is 4.09. The van der Waals surface area contributed by atoms with E-state index in [4.69, 9.17) is 4.74 Å². The number of hydrogen-bond donors (Lipinski definition) is 0. The SMILES string of the molecule is CCn1ccnc1COc1cccc(C(F)(F)F)c1. The van der Waals surface area contributed by atoms with Crippen molar-refractivity contribution in [1.82, 2.24) is 9.55 Å². The Kier molecular flexibility index (Phi) is 3.78. The van der Waals surface area contributed by atoms with Crippen molar-refractivity contribution in [3.8, 4) is 5.75 Å². The zero-order valence-electron chi connectivity index (χ0n) is 10.3. The van der Waals surface area contributed by atoms with E-state index in [1.54, 1.807) is 12.4 Å². The molecule has 0 bridgehead atoms. The van der Waals surface area contributed by atoms with Crippen molar-refractivity contribution in [2.75, 3.05) is 0 Å². The van der Waals surface area contributed by atoms with E-state index < -0.39 is 11.7 Å². The van der Waals surface area contributed by atoms with Crippen LogP contribution in [0.25, 0.3) is 0 Å². The second-order valence-electron chi connectivity index (χ2n) is 3.94. The average molecular weight is 270 g/mol. The normalized spacial score (nSPS) is 11.6. The van der Waals surface area contributed by atoms with E-state index in [0.29, 0.717) is 5.82 Å². The second kappa shape index (κ2) is 5.34. The van der Waals surface area contributed by atoms with Gasteiger partial charge in [0.15, 0.2) is 0 Å². The molecule has 0 aliphatic carbocycles. The highest BCUT2D eigenvalue weighted by Gasteiger charge is 2.30. The molecule has 0 spiro atoms. The van der Waals surface area contributed by atoms with Gasteiger partial charge in [0.05, 0.1) is 5.56 Å². The third-order valence-corrected chi connectivity index (χ3v) is 2.67. The van der Waals surface area contributed by atoms with Gasteiger partial charge < -0.3 is 9.30 Å².